The van der Waals surface area contributed by atoms with Gasteiger partial charge in [-0.05, 0) is 49.6 Å². The van der Waals surface area contributed by atoms with Gasteiger partial charge in [-0.15, -0.1) is 12.4 Å². The summed E-state index contributed by atoms with van der Waals surface area (Å²) in [6, 6.07) is 9.70. The number of aromatic nitrogens is 2. The third-order valence-corrected chi connectivity index (χ3v) is 4.67. The Hall–Kier alpha value is -1.37. The molecule has 0 spiro atoms. The smallest absolute Gasteiger partial charge is 0.272 e. The van der Waals surface area contributed by atoms with Crippen molar-refractivity contribution in [3.8, 4) is 5.69 Å². The molecule has 1 amide bonds. The van der Waals surface area contributed by atoms with Crippen molar-refractivity contribution >= 4 is 34.2 Å². The Labute approximate surface area is 150 Å². The van der Waals surface area contributed by atoms with E-state index >= 15 is 0 Å². The molecule has 1 heterocycles. The number of nitrogens with one attached hydrogen (secondary N) is 1. The molecule has 0 radical (unpaired) electrons. The number of nitrogens with zero attached hydrogens (tertiary/aromatic N) is 2. The summed E-state index contributed by atoms with van der Waals surface area (Å²) in [5.74, 6) is 0.259. The first-order valence-electron chi connectivity index (χ1n) is 7.50. The maximum absolute atomic E-state index is 12.3. The maximum Gasteiger partial charge on any atom is 0.272 e. The van der Waals surface area contributed by atoms with E-state index in [-0.39, 0.29) is 24.4 Å². The van der Waals surface area contributed by atoms with Crippen LogP contribution in [-0.4, -0.2) is 28.3 Å². The molecule has 2 aromatic rings. The summed E-state index contributed by atoms with van der Waals surface area (Å²) in [6.07, 6.45) is 5.01. The van der Waals surface area contributed by atoms with Crippen molar-refractivity contribution in [2.24, 2.45) is 11.7 Å². The Morgan fingerprint density at radius 2 is 2.22 bits per heavy atom. The van der Waals surface area contributed by atoms with E-state index < -0.39 is 0 Å². The van der Waals surface area contributed by atoms with E-state index in [1.165, 1.54) is 0 Å². The zero-order valence-electron chi connectivity index (χ0n) is 12.6. The second-order valence-corrected chi connectivity index (χ2v) is 6.55. The van der Waals surface area contributed by atoms with E-state index in [1.807, 2.05) is 24.3 Å². The van der Waals surface area contributed by atoms with Crippen LogP contribution in [-0.2, 0) is 0 Å². The van der Waals surface area contributed by atoms with Crippen molar-refractivity contribution in [2.75, 3.05) is 6.54 Å². The summed E-state index contributed by atoms with van der Waals surface area (Å²) < 4.78 is 2.68. The van der Waals surface area contributed by atoms with E-state index in [1.54, 1.807) is 16.9 Å². The van der Waals surface area contributed by atoms with Crippen LogP contribution in [0.25, 0.3) is 5.69 Å². The number of benzene rings is 1. The normalized spacial score (nSPS) is 20.1. The summed E-state index contributed by atoms with van der Waals surface area (Å²) >= 11 is 3.44. The number of hydrogen-bond acceptors (Lipinski definition) is 3. The first kappa shape index (κ1) is 18.0. The standard InChI is InChI=1S/C16H19BrN4O.ClH/c17-12-4-2-5-13(9-12)21-8-7-15(20-21)16(22)19-14-6-1-3-11(14)10-18;/h2,4-5,7-9,11,14H,1,3,6,10,18H2,(H,19,22);1H. The highest BCUT2D eigenvalue weighted by Crippen LogP contribution is 2.24. The SMILES string of the molecule is Cl.NCC1CCCC1NC(=O)c1ccn(-c2cccc(Br)c2)n1. The van der Waals surface area contributed by atoms with Crippen molar-refractivity contribution < 1.29 is 4.79 Å². The molecule has 124 valence electrons. The van der Waals surface area contributed by atoms with Crippen molar-refractivity contribution in [1.82, 2.24) is 15.1 Å². The Balaban J connectivity index is 0.00000192. The molecule has 1 aliphatic rings. The lowest BCUT2D eigenvalue weighted by Gasteiger charge is -2.18. The molecule has 5 nitrogen and oxygen atoms in total. The molecule has 1 saturated carbocycles. The summed E-state index contributed by atoms with van der Waals surface area (Å²) in [7, 11) is 0. The molecule has 2 atom stereocenters. The molecule has 1 aromatic heterocycles. The molecule has 7 heteroatoms. The Morgan fingerprint density at radius 1 is 1.39 bits per heavy atom. The Morgan fingerprint density at radius 3 is 2.96 bits per heavy atom. The first-order valence-corrected chi connectivity index (χ1v) is 8.29. The molecule has 0 aliphatic heterocycles. The van der Waals surface area contributed by atoms with Crippen LogP contribution in [0.15, 0.2) is 41.0 Å². The minimum absolute atomic E-state index is 0. The van der Waals surface area contributed by atoms with E-state index in [9.17, 15) is 4.79 Å². The summed E-state index contributed by atoms with van der Waals surface area (Å²) in [5.41, 5.74) is 7.10. The van der Waals surface area contributed by atoms with Crippen LogP contribution < -0.4 is 11.1 Å². The Bertz CT molecular complexity index is 676. The summed E-state index contributed by atoms with van der Waals surface area (Å²) in [4.78, 5) is 12.3. The predicted molar refractivity (Wildman–Crippen MR) is 96.2 cm³/mol. The van der Waals surface area contributed by atoms with E-state index in [4.69, 9.17) is 5.73 Å². The second-order valence-electron chi connectivity index (χ2n) is 5.63. The number of halogens is 2. The fourth-order valence-electron chi connectivity index (χ4n) is 2.96. The number of nitrogens with two attached hydrogens (primary N) is 1. The molecular formula is C16H20BrClN4O. The van der Waals surface area contributed by atoms with Crippen LogP contribution in [0.5, 0.6) is 0 Å². The van der Waals surface area contributed by atoms with Gasteiger partial charge in [0, 0.05) is 16.7 Å². The average molecular weight is 400 g/mol. The fraction of sp³-hybridized carbons (Fsp3) is 0.375. The lowest BCUT2D eigenvalue weighted by atomic mass is 10.0. The molecule has 1 aliphatic carbocycles. The third-order valence-electron chi connectivity index (χ3n) is 4.17. The van der Waals surface area contributed by atoms with Gasteiger partial charge >= 0.3 is 0 Å². The molecule has 1 fully saturated rings. The largest absolute Gasteiger partial charge is 0.348 e. The lowest BCUT2D eigenvalue weighted by Crippen LogP contribution is -2.40. The minimum atomic E-state index is -0.126. The summed E-state index contributed by atoms with van der Waals surface area (Å²) in [6.45, 7) is 0.622. The van der Waals surface area contributed by atoms with Crippen molar-refractivity contribution in [2.45, 2.75) is 25.3 Å². The zero-order valence-corrected chi connectivity index (χ0v) is 15.0. The topological polar surface area (TPSA) is 72.9 Å². The van der Waals surface area contributed by atoms with Gasteiger partial charge < -0.3 is 11.1 Å². The number of hydrogen-bond donors (Lipinski definition) is 2. The molecule has 0 bridgehead atoms. The quantitative estimate of drug-likeness (QED) is 0.830. The monoisotopic (exact) mass is 398 g/mol. The van der Waals surface area contributed by atoms with Crippen molar-refractivity contribution in [1.29, 1.82) is 0 Å². The average Bonchev–Trinajstić information content (AvgIpc) is 3.16. The van der Waals surface area contributed by atoms with Gasteiger partial charge in [0.25, 0.3) is 5.91 Å². The lowest BCUT2D eigenvalue weighted by molar-refractivity contribution is 0.0923. The van der Waals surface area contributed by atoms with Crippen LogP contribution in [0.3, 0.4) is 0 Å². The number of carbonyl (C=O) groups is 1. The third kappa shape index (κ3) is 4.13. The highest BCUT2D eigenvalue weighted by atomic mass is 79.9. The summed E-state index contributed by atoms with van der Waals surface area (Å²) in [5, 5.41) is 7.44. The minimum Gasteiger partial charge on any atom is -0.348 e. The van der Waals surface area contributed by atoms with Crippen LogP contribution in [0, 0.1) is 5.92 Å². The highest BCUT2D eigenvalue weighted by molar-refractivity contribution is 9.10. The van der Waals surface area contributed by atoms with Gasteiger partial charge in [0.1, 0.15) is 0 Å². The van der Waals surface area contributed by atoms with Gasteiger partial charge in [-0.25, -0.2) is 4.68 Å². The number of rotatable bonds is 4. The van der Waals surface area contributed by atoms with E-state index in [2.05, 4.69) is 26.3 Å². The van der Waals surface area contributed by atoms with Crippen LogP contribution in [0.1, 0.15) is 29.8 Å². The maximum atomic E-state index is 12.3. The Kier molecular flexibility index (Phi) is 6.21. The van der Waals surface area contributed by atoms with Gasteiger partial charge in [0.05, 0.1) is 5.69 Å². The zero-order chi connectivity index (χ0) is 15.5. The molecule has 0 saturated heterocycles. The van der Waals surface area contributed by atoms with Gasteiger partial charge in [0.2, 0.25) is 0 Å². The van der Waals surface area contributed by atoms with E-state index in [0.717, 1.165) is 29.4 Å². The second kappa shape index (κ2) is 7.95. The molecule has 3 N–H and O–H groups in total. The van der Waals surface area contributed by atoms with Crippen LogP contribution >= 0.6 is 28.3 Å². The van der Waals surface area contributed by atoms with Gasteiger partial charge in [-0.2, -0.15) is 5.10 Å². The van der Waals surface area contributed by atoms with Gasteiger partial charge in [0.15, 0.2) is 5.69 Å². The molecular weight excluding hydrogens is 380 g/mol. The number of carbonyl (C=O) groups excluding carboxylic acids is 1. The molecule has 2 unspecified atom stereocenters. The van der Waals surface area contributed by atoms with Gasteiger partial charge in [-0.1, -0.05) is 28.4 Å². The van der Waals surface area contributed by atoms with Crippen molar-refractivity contribution in [3.63, 3.8) is 0 Å². The van der Waals surface area contributed by atoms with E-state index in [0.29, 0.717) is 18.2 Å². The highest BCUT2D eigenvalue weighted by Gasteiger charge is 2.28. The predicted octanol–water partition coefficient (Wildman–Crippen LogP) is 2.91. The molecule has 1 aromatic carbocycles. The fourth-order valence-corrected chi connectivity index (χ4v) is 3.35. The number of amides is 1. The van der Waals surface area contributed by atoms with Crippen molar-refractivity contribution in [3.05, 3.63) is 46.7 Å². The van der Waals surface area contributed by atoms with Crippen LogP contribution in [0.4, 0.5) is 0 Å². The first-order chi connectivity index (χ1) is 10.7. The molecule has 23 heavy (non-hydrogen) atoms. The molecule has 3 rings (SSSR count). The van der Waals surface area contributed by atoms with Crippen LogP contribution in [0.2, 0.25) is 0 Å². The van der Waals surface area contributed by atoms with Gasteiger partial charge in [-0.3, -0.25) is 4.79 Å².